The van der Waals surface area contributed by atoms with E-state index in [1.54, 1.807) is 6.07 Å². The normalized spacial score (nSPS) is 10.1. The lowest BCUT2D eigenvalue weighted by atomic mass is 10.2. The number of benzene rings is 2. The first-order valence-electron chi connectivity index (χ1n) is 11.9. The Bertz CT molecular complexity index is 1580. The first kappa shape index (κ1) is 34.4. The minimum Gasteiger partial charge on any atom is -0.223 e. The highest BCUT2D eigenvalue weighted by Crippen LogP contribution is 2.20. The number of aromatic nitrogens is 3. The second-order valence-electron chi connectivity index (χ2n) is 7.84. The molecule has 42 heavy (non-hydrogen) atoms. The monoisotopic (exact) mass is 634 g/mol. The second-order valence-corrected chi connectivity index (χ2v) is 10.7. The van der Waals surface area contributed by atoms with E-state index in [4.69, 9.17) is 0 Å². The molecule has 0 aliphatic heterocycles. The zero-order valence-corrected chi connectivity index (χ0v) is 24.4. The smallest absolute Gasteiger partial charge is 0.223 e. The van der Waals surface area contributed by atoms with Crippen molar-refractivity contribution < 1.29 is 26.0 Å². The Morgan fingerprint density at radius 1 is 0.595 bits per heavy atom. The van der Waals surface area contributed by atoms with E-state index in [1.165, 1.54) is 41.1 Å². The number of thiol groups is 1. The number of rotatable bonds is 5. The van der Waals surface area contributed by atoms with Gasteiger partial charge < -0.3 is 0 Å². The Kier molecular flexibility index (Phi) is 15.3. The highest BCUT2D eigenvalue weighted by Gasteiger charge is 2.08. The number of hydrogen-bond acceptors (Lipinski definition) is 7. The van der Waals surface area contributed by atoms with Crippen LogP contribution in [0.4, 0.5) is 17.6 Å². The predicted molar refractivity (Wildman–Crippen MR) is 159 cm³/mol. The maximum absolute atomic E-state index is 12.8. The number of halogens is 4. The van der Waals surface area contributed by atoms with Crippen molar-refractivity contribution >= 4 is 34.4 Å². The van der Waals surface area contributed by atoms with Crippen molar-refractivity contribution in [3.05, 3.63) is 150 Å². The van der Waals surface area contributed by atoms with Crippen LogP contribution in [0.5, 0.6) is 0 Å². The summed E-state index contributed by atoms with van der Waals surface area (Å²) in [5.74, 6) is -1.21. The van der Waals surface area contributed by atoms with E-state index in [9.17, 15) is 26.0 Å². The van der Waals surface area contributed by atoms with Crippen LogP contribution in [0.25, 0.3) is 0 Å². The fourth-order valence-corrected chi connectivity index (χ4v) is 4.24. The van der Waals surface area contributed by atoms with Crippen LogP contribution in [0.3, 0.4) is 0 Å². The molecule has 3 heterocycles. The fraction of sp³-hybridized carbons (Fsp3) is 0.0690. The van der Waals surface area contributed by atoms with Crippen molar-refractivity contribution in [1.29, 1.82) is 0 Å². The van der Waals surface area contributed by atoms with E-state index in [0.717, 1.165) is 40.8 Å². The lowest BCUT2D eigenvalue weighted by Gasteiger charge is -2.00. The minimum absolute atomic E-state index is 0.423. The molecule has 2 N–H and O–H groups in total. The molecular formula is C29H26F4N4O2S3. The number of nitrogens with two attached hydrogens (primary N) is 1. The molecule has 5 aromatic rings. The van der Waals surface area contributed by atoms with Crippen LogP contribution in [0.2, 0.25) is 0 Å². The lowest BCUT2D eigenvalue weighted by Crippen LogP contribution is -2.14. The quantitative estimate of drug-likeness (QED) is 0.0949. The molecule has 3 aromatic heterocycles. The minimum atomic E-state index is -3.88. The molecule has 0 radical (unpaired) electrons. The van der Waals surface area contributed by atoms with Crippen molar-refractivity contribution in [2.24, 2.45) is 5.14 Å². The van der Waals surface area contributed by atoms with Crippen LogP contribution in [-0.2, 0) is 21.5 Å². The third-order valence-electron chi connectivity index (χ3n) is 4.61. The third kappa shape index (κ3) is 14.7. The molecule has 220 valence electrons. The van der Waals surface area contributed by atoms with Gasteiger partial charge in [0.2, 0.25) is 23.8 Å². The van der Waals surface area contributed by atoms with Crippen LogP contribution in [0.15, 0.2) is 125 Å². The summed E-state index contributed by atoms with van der Waals surface area (Å²) < 4.78 is 69.7. The maximum atomic E-state index is 12.8. The van der Waals surface area contributed by atoms with Gasteiger partial charge in [-0.05, 0) is 47.5 Å². The largest absolute Gasteiger partial charge is 0.255 e. The van der Waals surface area contributed by atoms with Gasteiger partial charge in [0.1, 0.15) is 0 Å². The molecule has 2 aromatic carbocycles. The summed E-state index contributed by atoms with van der Waals surface area (Å²) in [6.07, 6.45) is 0. The van der Waals surface area contributed by atoms with Gasteiger partial charge in [-0.3, -0.25) is 0 Å². The van der Waals surface area contributed by atoms with Crippen LogP contribution in [-0.4, -0.2) is 23.4 Å². The standard InChI is InChI=1S/C12H10FNS.C7H8S.C5H3F2N.C5H5FN2O2S/c13-11-7-4-8-12(14-11)15-9-10-5-2-1-3-6-10;8-6-7-4-2-1-3-5-7;6-4-2-1-3-5(7)8-4;6-4-2-1-3-5(8-4)11(7,9)10/h1-8H,9H2;1-5,8H,6H2;1-3H;1-3H,(H2,7,9,10). The number of nitrogens with zero attached hydrogens (tertiary/aromatic N) is 3. The average Bonchev–Trinajstić information content (AvgIpc) is 2.98. The number of thioether (sulfide) groups is 1. The Hall–Kier alpha value is -3.78. The average molecular weight is 635 g/mol. The number of hydrogen-bond donors (Lipinski definition) is 2. The molecule has 0 aliphatic rings. The first-order chi connectivity index (χ1) is 20.1. The Balaban J connectivity index is 0.000000203. The fourth-order valence-electron chi connectivity index (χ4n) is 2.72. The van der Waals surface area contributed by atoms with Crippen LogP contribution < -0.4 is 5.14 Å². The SMILES string of the molecule is Fc1cccc(F)n1.Fc1cccc(SCc2ccccc2)n1.NS(=O)(=O)c1cccc(F)n1.SCc1ccccc1. The molecule has 0 unspecified atom stereocenters. The van der Waals surface area contributed by atoms with Gasteiger partial charge in [0.05, 0.1) is 5.03 Å². The molecular weight excluding hydrogens is 609 g/mol. The molecule has 0 atom stereocenters. The highest BCUT2D eigenvalue weighted by molar-refractivity contribution is 7.98. The van der Waals surface area contributed by atoms with E-state index >= 15 is 0 Å². The molecule has 0 fully saturated rings. The number of pyridine rings is 3. The highest BCUT2D eigenvalue weighted by atomic mass is 32.2. The summed E-state index contributed by atoms with van der Waals surface area (Å²) in [4.78, 5) is 9.69. The summed E-state index contributed by atoms with van der Waals surface area (Å²) in [5.41, 5.74) is 2.49. The zero-order chi connectivity index (χ0) is 30.8. The van der Waals surface area contributed by atoms with E-state index in [-0.39, 0.29) is 0 Å². The van der Waals surface area contributed by atoms with Gasteiger partial charge in [-0.1, -0.05) is 78.9 Å². The van der Waals surface area contributed by atoms with Crippen molar-refractivity contribution in [1.82, 2.24) is 15.0 Å². The van der Waals surface area contributed by atoms with Crippen molar-refractivity contribution in [2.75, 3.05) is 0 Å². The van der Waals surface area contributed by atoms with Crippen LogP contribution >= 0.6 is 24.4 Å². The van der Waals surface area contributed by atoms with Gasteiger partial charge in [0.25, 0.3) is 10.0 Å². The lowest BCUT2D eigenvalue weighted by molar-refractivity contribution is 0.512. The molecule has 0 aliphatic carbocycles. The van der Waals surface area contributed by atoms with Crippen molar-refractivity contribution in [3.8, 4) is 0 Å². The topological polar surface area (TPSA) is 98.8 Å². The van der Waals surface area contributed by atoms with Gasteiger partial charge in [-0.2, -0.15) is 35.2 Å². The van der Waals surface area contributed by atoms with Crippen LogP contribution in [0, 0.1) is 23.8 Å². The third-order valence-corrected chi connectivity index (χ3v) is 6.78. The van der Waals surface area contributed by atoms with E-state index in [0.29, 0.717) is 0 Å². The molecule has 13 heteroatoms. The summed E-state index contributed by atoms with van der Waals surface area (Å²) in [6.45, 7) is 0. The van der Waals surface area contributed by atoms with E-state index in [2.05, 4.69) is 44.9 Å². The summed E-state index contributed by atoms with van der Waals surface area (Å²) >= 11 is 5.65. The molecule has 0 bridgehead atoms. The molecule has 0 saturated carbocycles. The summed E-state index contributed by atoms with van der Waals surface area (Å²) in [7, 11) is -3.88. The molecule has 6 nitrogen and oxygen atoms in total. The summed E-state index contributed by atoms with van der Waals surface area (Å²) in [5, 5.41) is 4.93. The predicted octanol–water partition coefficient (Wildman–Crippen LogP) is 6.86. The first-order valence-corrected chi connectivity index (χ1v) is 15.1. The van der Waals surface area contributed by atoms with E-state index < -0.39 is 38.8 Å². The van der Waals surface area contributed by atoms with Gasteiger partial charge >= 0.3 is 0 Å². The molecule has 5 rings (SSSR count). The van der Waals surface area contributed by atoms with Crippen molar-refractivity contribution in [3.63, 3.8) is 0 Å². The van der Waals surface area contributed by atoms with Gasteiger partial charge in [-0.25, -0.2) is 23.5 Å². The van der Waals surface area contributed by atoms with Gasteiger partial charge in [0, 0.05) is 11.5 Å². The van der Waals surface area contributed by atoms with E-state index in [1.807, 2.05) is 54.6 Å². The Labute approximate surface area is 251 Å². The molecule has 0 amide bonds. The van der Waals surface area contributed by atoms with Crippen molar-refractivity contribution in [2.45, 2.75) is 21.6 Å². The van der Waals surface area contributed by atoms with Gasteiger partial charge in [-0.15, -0.1) is 11.8 Å². The van der Waals surface area contributed by atoms with Crippen LogP contribution in [0.1, 0.15) is 11.1 Å². The summed E-state index contributed by atoms with van der Waals surface area (Å²) in [6, 6.07) is 31.9. The van der Waals surface area contributed by atoms with Gasteiger partial charge in [0.15, 0.2) is 5.03 Å². The molecule has 0 saturated heterocycles. The maximum Gasteiger partial charge on any atom is 0.255 e. The Morgan fingerprint density at radius 2 is 1.05 bits per heavy atom. The second kappa shape index (κ2) is 18.6. The zero-order valence-electron chi connectivity index (χ0n) is 21.9. The molecule has 0 spiro atoms. The Morgan fingerprint density at radius 3 is 1.43 bits per heavy atom. The number of primary sulfonamides is 1. The number of sulfonamides is 1.